The molecule has 0 spiro atoms. The normalized spacial score (nSPS) is 10.1. The highest BCUT2D eigenvalue weighted by molar-refractivity contribution is 6.39. The first kappa shape index (κ1) is 15.6. The van der Waals surface area contributed by atoms with Crippen LogP contribution in [0.15, 0.2) is 42.5 Å². The first-order valence-corrected chi connectivity index (χ1v) is 6.25. The molecule has 114 valence electrons. The summed E-state index contributed by atoms with van der Waals surface area (Å²) in [6, 6.07) is 8.89. The molecule has 2 N–H and O–H groups in total. The van der Waals surface area contributed by atoms with Crippen molar-refractivity contribution in [2.75, 3.05) is 5.32 Å². The van der Waals surface area contributed by atoms with Crippen molar-refractivity contribution in [1.82, 2.24) is 5.32 Å². The minimum Gasteiger partial charge on any atom is -0.344 e. The number of carbonyl (C=O) groups is 2. The number of rotatable bonds is 3. The van der Waals surface area contributed by atoms with Gasteiger partial charge in [-0.05, 0) is 18.2 Å². The maximum absolute atomic E-state index is 13.4. The second-order valence-electron chi connectivity index (χ2n) is 4.33. The second-order valence-corrected chi connectivity index (χ2v) is 4.33. The average Bonchev–Trinajstić information content (AvgIpc) is 2.50. The van der Waals surface area contributed by atoms with Crippen LogP contribution >= 0.6 is 0 Å². The summed E-state index contributed by atoms with van der Waals surface area (Å²) in [5, 5.41) is 4.13. The monoisotopic (exact) mass is 308 g/mol. The van der Waals surface area contributed by atoms with Crippen molar-refractivity contribution in [3.8, 4) is 0 Å². The van der Waals surface area contributed by atoms with Crippen molar-refractivity contribution < 1.29 is 22.8 Å². The van der Waals surface area contributed by atoms with Gasteiger partial charge in [0, 0.05) is 12.1 Å². The molecule has 0 aliphatic heterocycles. The van der Waals surface area contributed by atoms with E-state index >= 15 is 0 Å². The van der Waals surface area contributed by atoms with Gasteiger partial charge in [0.15, 0.2) is 11.6 Å². The van der Waals surface area contributed by atoms with Gasteiger partial charge in [0.25, 0.3) is 0 Å². The number of halogens is 3. The van der Waals surface area contributed by atoms with Crippen molar-refractivity contribution in [2.45, 2.75) is 6.54 Å². The van der Waals surface area contributed by atoms with E-state index in [9.17, 15) is 22.8 Å². The zero-order valence-electron chi connectivity index (χ0n) is 11.2. The van der Waals surface area contributed by atoms with E-state index in [2.05, 4.69) is 5.32 Å². The molecule has 0 heterocycles. The van der Waals surface area contributed by atoms with Gasteiger partial charge in [-0.2, -0.15) is 0 Å². The lowest BCUT2D eigenvalue weighted by Gasteiger charge is -2.08. The average molecular weight is 308 g/mol. The van der Waals surface area contributed by atoms with Gasteiger partial charge in [0.1, 0.15) is 5.82 Å². The van der Waals surface area contributed by atoms with Crippen LogP contribution in [-0.2, 0) is 16.1 Å². The molecular weight excluding hydrogens is 297 g/mol. The smallest absolute Gasteiger partial charge is 0.313 e. The van der Waals surface area contributed by atoms with E-state index in [0.717, 1.165) is 12.1 Å². The van der Waals surface area contributed by atoms with E-state index in [1.807, 2.05) is 5.32 Å². The lowest BCUT2D eigenvalue weighted by molar-refractivity contribution is -0.136. The van der Waals surface area contributed by atoms with Crippen LogP contribution in [0.2, 0.25) is 0 Å². The van der Waals surface area contributed by atoms with Gasteiger partial charge in [0.2, 0.25) is 0 Å². The Morgan fingerprint density at radius 3 is 2.27 bits per heavy atom. The summed E-state index contributed by atoms with van der Waals surface area (Å²) in [7, 11) is 0. The topological polar surface area (TPSA) is 58.2 Å². The Morgan fingerprint density at radius 2 is 1.55 bits per heavy atom. The highest BCUT2D eigenvalue weighted by atomic mass is 19.2. The van der Waals surface area contributed by atoms with Crippen LogP contribution in [-0.4, -0.2) is 11.8 Å². The Hall–Kier alpha value is -2.83. The van der Waals surface area contributed by atoms with Gasteiger partial charge in [-0.15, -0.1) is 0 Å². The van der Waals surface area contributed by atoms with Crippen molar-refractivity contribution in [3.05, 3.63) is 65.5 Å². The molecule has 2 aromatic rings. The van der Waals surface area contributed by atoms with Crippen LogP contribution in [0.1, 0.15) is 5.56 Å². The molecule has 0 fully saturated rings. The van der Waals surface area contributed by atoms with Gasteiger partial charge in [-0.3, -0.25) is 9.59 Å². The van der Waals surface area contributed by atoms with E-state index in [4.69, 9.17) is 0 Å². The van der Waals surface area contributed by atoms with Gasteiger partial charge in [-0.1, -0.05) is 24.3 Å². The molecule has 22 heavy (non-hydrogen) atoms. The Balaban J connectivity index is 1.97. The van der Waals surface area contributed by atoms with Crippen LogP contribution in [0.25, 0.3) is 0 Å². The summed E-state index contributed by atoms with van der Waals surface area (Å²) in [6.07, 6.45) is 0. The standard InChI is InChI=1S/C15H11F3N2O2/c16-10-5-2-1-4-9(10)8-19-14(21)15(22)20-12-7-3-6-11(17)13(12)18/h1-7H,8H2,(H,19,21)(H,20,22). The molecule has 0 aliphatic carbocycles. The number of hydrogen-bond acceptors (Lipinski definition) is 2. The zero-order valence-corrected chi connectivity index (χ0v) is 11.2. The third-order valence-electron chi connectivity index (χ3n) is 2.80. The first-order chi connectivity index (χ1) is 10.5. The molecule has 0 saturated carbocycles. The van der Waals surface area contributed by atoms with E-state index in [0.29, 0.717) is 0 Å². The van der Waals surface area contributed by atoms with E-state index < -0.39 is 35.0 Å². The molecule has 0 atom stereocenters. The Bertz CT molecular complexity index is 720. The Kier molecular flexibility index (Phi) is 4.77. The third-order valence-corrected chi connectivity index (χ3v) is 2.80. The molecule has 0 saturated heterocycles. The molecule has 0 aromatic heterocycles. The molecule has 2 amide bonds. The Labute approximate surface area is 124 Å². The number of benzene rings is 2. The summed E-state index contributed by atoms with van der Waals surface area (Å²) in [6.45, 7) is -0.204. The van der Waals surface area contributed by atoms with Gasteiger partial charge < -0.3 is 10.6 Å². The minimum absolute atomic E-state index is 0.195. The van der Waals surface area contributed by atoms with Gasteiger partial charge >= 0.3 is 11.8 Å². The van der Waals surface area contributed by atoms with Crippen LogP contribution in [0, 0.1) is 17.5 Å². The molecule has 0 bridgehead atoms. The maximum Gasteiger partial charge on any atom is 0.313 e. The van der Waals surface area contributed by atoms with Crippen LogP contribution in [0.4, 0.5) is 18.9 Å². The van der Waals surface area contributed by atoms with E-state index in [1.54, 1.807) is 6.07 Å². The summed E-state index contributed by atoms with van der Waals surface area (Å²) in [4.78, 5) is 23.1. The zero-order chi connectivity index (χ0) is 16.1. The van der Waals surface area contributed by atoms with Crippen LogP contribution in [0.3, 0.4) is 0 Å². The molecular formula is C15H11F3N2O2. The molecule has 0 aliphatic rings. The SMILES string of the molecule is O=C(NCc1ccccc1F)C(=O)Nc1cccc(F)c1F. The summed E-state index contributed by atoms with van der Waals surface area (Å²) >= 11 is 0. The summed E-state index contributed by atoms with van der Waals surface area (Å²) in [5.74, 6) is -5.21. The molecule has 7 heteroatoms. The summed E-state index contributed by atoms with van der Waals surface area (Å²) < 4.78 is 39.7. The molecule has 0 unspecified atom stereocenters. The predicted molar refractivity (Wildman–Crippen MR) is 73.2 cm³/mol. The van der Waals surface area contributed by atoms with E-state index in [-0.39, 0.29) is 12.1 Å². The second kappa shape index (κ2) is 6.75. The fourth-order valence-electron chi connectivity index (χ4n) is 1.68. The number of nitrogens with one attached hydrogen (secondary N) is 2. The maximum atomic E-state index is 13.4. The quantitative estimate of drug-likeness (QED) is 0.855. The Morgan fingerprint density at radius 1 is 0.864 bits per heavy atom. The van der Waals surface area contributed by atoms with E-state index in [1.165, 1.54) is 24.3 Å². The van der Waals surface area contributed by atoms with Crippen molar-refractivity contribution in [3.63, 3.8) is 0 Å². The molecule has 2 rings (SSSR count). The molecule has 4 nitrogen and oxygen atoms in total. The lowest BCUT2D eigenvalue weighted by atomic mass is 10.2. The number of carbonyl (C=O) groups excluding carboxylic acids is 2. The third kappa shape index (κ3) is 3.63. The van der Waals surface area contributed by atoms with Gasteiger partial charge in [-0.25, -0.2) is 13.2 Å². The first-order valence-electron chi connectivity index (χ1n) is 6.25. The predicted octanol–water partition coefficient (Wildman–Crippen LogP) is 2.36. The lowest BCUT2D eigenvalue weighted by Crippen LogP contribution is -2.35. The highest BCUT2D eigenvalue weighted by Gasteiger charge is 2.17. The fourth-order valence-corrected chi connectivity index (χ4v) is 1.68. The number of hydrogen-bond donors (Lipinski definition) is 2. The minimum atomic E-state index is -1.27. The molecule has 2 aromatic carbocycles. The highest BCUT2D eigenvalue weighted by Crippen LogP contribution is 2.16. The van der Waals surface area contributed by atoms with Crippen molar-refractivity contribution >= 4 is 17.5 Å². The molecule has 0 radical (unpaired) electrons. The largest absolute Gasteiger partial charge is 0.344 e. The van der Waals surface area contributed by atoms with Crippen LogP contribution in [0.5, 0.6) is 0 Å². The van der Waals surface area contributed by atoms with Crippen molar-refractivity contribution in [2.24, 2.45) is 0 Å². The number of amides is 2. The number of anilines is 1. The summed E-state index contributed by atoms with van der Waals surface area (Å²) in [5.41, 5.74) is -0.258. The fraction of sp³-hybridized carbons (Fsp3) is 0.0667. The van der Waals surface area contributed by atoms with Crippen LogP contribution < -0.4 is 10.6 Å². The van der Waals surface area contributed by atoms with Gasteiger partial charge in [0.05, 0.1) is 5.69 Å². The van der Waals surface area contributed by atoms with Crippen molar-refractivity contribution in [1.29, 1.82) is 0 Å².